The second-order valence-electron chi connectivity index (χ2n) is 19.0. The molecule has 1 unspecified atom stereocenters. The molecule has 0 fully saturated rings. The summed E-state index contributed by atoms with van der Waals surface area (Å²) in [7, 11) is 0. The Morgan fingerprint density at radius 2 is 0.746 bits per heavy atom. The Morgan fingerprint density at radius 3 is 1.41 bits per heavy atom. The molecule has 302 valence electrons. The van der Waals surface area contributed by atoms with Crippen LogP contribution in [0.1, 0.15) is 73.6 Å². The quantitative estimate of drug-likeness (QED) is 0.162. The van der Waals surface area contributed by atoms with Crippen LogP contribution in [0.25, 0.3) is 55.6 Å². The fourth-order valence-electron chi connectivity index (χ4n) is 11.9. The first-order chi connectivity index (χ1) is 30.7. The summed E-state index contributed by atoms with van der Waals surface area (Å²) in [6, 6.07) is 77.3. The minimum Gasteiger partial charge on any atom is -0.310 e. The molecule has 0 amide bonds. The molecule has 1 atom stereocenters. The van der Waals surface area contributed by atoms with Crippen LogP contribution in [0.15, 0.2) is 206 Å². The molecule has 1 nitrogen and oxygen atoms in total. The van der Waals surface area contributed by atoms with E-state index < -0.39 is 0 Å². The van der Waals surface area contributed by atoms with E-state index in [1.54, 1.807) is 0 Å². The van der Waals surface area contributed by atoms with Gasteiger partial charge >= 0.3 is 0 Å². The SMILES string of the molecule is CC1(C)c2ccccc2-c2cccc(-c3ccccc3N(c3ccc(-c4ccc5c(c4)C(C)(c4ccccc4)c4ccccc4-5)cc3)c3cccc4c3C(C)(C)c3ccccc3-4)c21. The molecule has 0 aromatic heterocycles. The zero-order valence-corrected chi connectivity index (χ0v) is 36.6. The topological polar surface area (TPSA) is 3.24 Å². The van der Waals surface area contributed by atoms with Crippen LogP contribution >= 0.6 is 0 Å². The highest BCUT2D eigenvalue weighted by Crippen LogP contribution is 2.58. The number of fused-ring (bicyclic) bond motifs is 9. The number of para-hydroxylation sites is 1. The maximum absolute atomic E-state index is 2.55. The average Bonchev–Trinajstić information content (AvgIpc) is 3.84. The Kier molecular flexibility index (Phi) is 8.13. The van der Waals surface area contributed by atoms with Gasteiger partial charge in [0.2, 0.25) is 0 Å². The molecular formula is C62H49N. The molecule has 0 radical (unpaired) electrons. The lowest BCUT2D eigenvalue weighted by Gasteiger charge is -2.34. The number of hydrogen-bond acceptors (Lipinski definition) is 1. The molecule has 9 aromatic rings. The monoisotopic (exact) mass is 807 g/mol. The molecule has 63 heavy (non-hydrogen) atoms. The summed E-state index contributed by atoms with van der Waals surface area (Å²) in [5.74, 6) is 0. The molecule has 9 aromatic carbocycles. The second-order valence-corrected chi connectivity index (χ2v) is 19.0. The summed E-state index contributed by atoms with van der Waals surface area (Å²) in [6.07, 6.45) is 0. The van der Waals surface area contributed by atoms with E-state index in [4.69, 9.17) is 0 Å². The lowest BCUT2D eigenvalue weighted by Crippen LogP contribution is -2.22. The highest BCUT2D eigenvalue weighted by Gasteiger charge is 2.42. The summed E-state index contributed by atoms with van der Waals surface area (Å²) in [5.41, 5.74) is 25.3. The van der Waals surface area contributed by atoms with Gasteiger partial charge in [-0.25, -0.2) is 0 Å². The van der Waals surface area contributed by atoms with Gasteiger partial charge in [0.15, 0.2) is 0 Å². The molecule has 0 saturated carbocycles. The zero-order chi connectivity index (χ0) is 42.7. The van der Waals surface area contributed by atoms with Crippen LogP contribution in [0.4, 0.5) is 17.1 Å². The van der Waals surface area contributed by atoms with Gasteiger partial charge in [-0.05, 0) is 126 Å². The van der Waals surface area contributed by atoms with Gasteiger partial charge in [0.25, 0.3) is 0 Å². The fourth-order valence-corrected chi connectivity index (χ4v) is 11.9. The normalized spacial score (nSPS) is 16.7. The first kappa shape index (κ1) is 37.5. The predicted molar refractivity (Wildman–Crippen MR) is 265 cm³/mol. The van der Waals surface area contributed by atoms with Crippen LogP contribution in [0.3, 0.4) is 0 Å². The van der Waals surface area contributed by atoms with E-state index in [1.165, 1.54) is 106 Å². The van der Waals surface area contributed by atoms with E-state index >= 15 is 0 Å². The Morgan fingerprint density at radius 1 is 0.302 bits per heavy atom. The van der Waals surface area contributed by atoms with Crippen molar-refractivity contribution in [3.05, 3.63) is 245 Å². The highest BCUT2D eigenvalue weighted by molar-refractivity contribution is 5.97. The van der Waals surface area contributed by atoms with Crippen LogP contribution < -0.4 is 4.90 Å². The van der Waals surface area contributed by atoms with E-state index in [0.29, 0.717) is 0 Å². The molecule has 3 aliphatic rings. The molecular weight excluding hydrogens is 759 g/mol. The maximum Gasteiger partial charge on any atom is 0.0540 e. The smallest absolute Gasteiger partial charge is 0.0540 e. The Bertz CT molecular complexity index is 3290. The van der Waals surface area contributed by atoms with E-state index in [-0.39, 0.29) is 16.2 Å². The van der Waals surface area contributed by atoms with Gasteiger partial charge in [0, 0.05) is 27.5 Å². The van der Waals surface area contributed by atoms with Crippen LogP contribution in [-0.4, -0.2) is 0 Å². The first-order valence-corrected chi connectivity index (χ1v) is 22.4. The standard InChI is InChI=1S/C62H49N/c1-60(2)52-28-13-9-22-45(52)49-25-17-26-51(58(49)60)48-24-12-16-31-56(48)63(57-32-18-27-50-46-23-10-14-29-53(46)61(3,4)59(50)57)43-36-33-40(34-37-43)41-35-38-47-44-21-11-15-30-54(44)62(5,55(47)39-41)42-19-7-6-8-20-42/h6-39H,1-5H3. The molecule has 0 saturated heterocycles. The van der Waals surface area contributed by atoms with Crippen molar-refractivity contribution in [3.8, 4) is 55.6 Å². The molecule has 0 N–H and O–H groups in total. The predicted octanol–water partition coefficient (Wildman–Crippen LogP) is 16.4. The van der Waals surface area contributed by atoms with Crippen molar-refractivity contribution in [3.63, 3.8) is 0 Å². The Hall–Kier alpha value is -7.22. The lowest BCUT2D eigenvalue weighted by molar-refractivity contribution is 0.660. The molecule has 0 heterocycles. The Balaban J connectivity index is 1.04. The van der Waals surface area contributed by atoms with Gasteiger partial charge in [-0.15, -0.1) is 0 Å². The van der Waals surface area contributed by atoms with Gasteiger partial charge < -0.3 is 4.90 Å². The molecule has 0 aliphatic heterocycles. The molecule has 3 aliphatic carbocycles. The lowest BCUT2D eigenvalue weighted by atomic mass is 9.74. The van der Waals surface area contributed by atoms with Crippen molar-refractivity contribution in [1.29, 1.82) is 0 Å². The van der Waals surface area contributed by atoms with Crippen molar-refractivity contribution < 1.29 is 0 Å². The van der Waals surface area contributed by atoms with Crippen molar-refractivity contribution in [2.75, 3.05) is 4.90 Å². The van der Waals surface area contributed by atoms with Gasteiger partial charge in [0.05, 0.1) is 11.4 Å². The number of benzene rings is 9. The minimum absolute atomic E-state index is 0.159. The summed E-state index contributed by atoms with van der Waals surface area (Å²) in [5, 5.41) is 0. The van der Waals surface area contributed by atoms with Crippen molar-refractivity contribution in [2.24, 2.45) is 0 Å². The Labute approximate surface area is 372 Å². The third-order valence-electron chi connectivity index (χ3n) is 14.9. The van der Waals surface area contributed by atoms with E-state index in [0.717, 1.165) is 5.69 Å². The van der Waals surface area contributed by atoms with Gasteiger partial charge in [-0.1, -0.05) is 204 Å². The third kappa shape index (κ3) is 5.29. The number of rotatable bonds is 6. The number of hydrogen-bond donors (Lipinski definition) is 0. The van der Waals surface area contributed by atoms with E-state index in [9.17, 15) is 0 Å². The van der Waals surface area contributed by atoms with E-state index in [1.807, 2.05) is 0 Å². The van der Waals surface area contributed by atoms with Gasteiger partial charge in [-0.3, -0.25) is 0 Å². The molecule has 12 rings (SSSR count). The molecule has 0 spiro atoms. The maximum atomic E-state index is 2.55. The van der Waals surface area contributed by atoms with Crippen LogP contribution in [0.5, 0.6) is 0 Å². The summed E-state index contributed by atoms with van der Waals surface area (Å²) in [6.45, 7) is 12.0. The van der Waals surface area contributed by atoms with Crippen molar-refractivity contribution >= 4 is 17.1 Å². The second kappa shape index (κ2) is 13.6. The first-order valence-electron chi connectivity index (χ1n) is 22.4. The zero-order valence-electron chi connectivity index (χ0n) is 36.6. The fraction of sp³-hybridized carbons (Fsp3) is 0.129. The molecule has 1 heteroatoms. The third-order valence-corrected chi connectivity index (χ3v) is 14.9. The largest absolute Gasteiger partial charge is 0.310 e. The number of nitrogens with zero attached hydrogens (tertiary/aromatic N) is 1. The van der Waals surface area contributed by atoms with Gasteiger partial charge in [0.1, 0.15) is 0 Å². The van der Waals surface area contributed by atoms with E-state index in [2.05, 4.69) is 246 Å². The number of anilines is 3. The van der Waals surface area contributed by atoms with Crippen molar-refractivity contribution in [2.45, 2.75) is 50.9 Å². The van der Waals surface area contributed by atoms with Crippen molar-refractivity contribution in [1.82, 2.24) is 0 Å². The minimum atomic E-state index is -0.255. The highest BCUT2D eigenvalue weighted by atomic mass is 15.1. The van der Waals surface area contributed by atoms with Crippen LogP contribution in [0.2, 0.25) is 0 Å². The van der Waals surface area contributed by atoms with Gasteiger partial charge in [-0.2, -0.15) is 0 Å². The summed E-state index contributed by atoms with van der Waals surface area (Å²) in [4.78, 5) is 2.55. The van der Waals surface area contributed by atoms with Crippen LogP contribution in [-0.2, 0) is 16.2 Å². The average molecular weight is 808 g/mol. The van der Waals surface area contributed by atoms with Crippen LogP contribution in [0, 0.1) is 0 Å². The molecule has 0 bridgehead atoms. The summed E-state index contributed by atoms with van der Waals surface area (Å²) >= 11 is 0. The summed E-state index contributed by atoms with van der Waals surface area (Å²) < 4.78 is 0.